The quantitative estimate of drug-likeness (QED) is 0.862. The Morgan fingerprint density at radius 3 is 3.00 bits per heavy atom. The van der Waals surface area contributed by atoms with E-state index in [1.165, 1.54) is 11.8 Å². The molecule has 7 nitrogen and oxygen atoms in total. The second-order valence-electron chi connectivity index (χ2n) is 5.68. The van der Waals surface area contributed by atoms with E-state index >= 15 is 0 Å². The number of nitrogens with zero attached hydrogens (tertiary/aromatic N) is 5. The molecule has 3 heterocycles. The summed E-state index contributed by atoms with van der Waals surface area (Å²) in [6.07, 6.45) is 4.23. The van der Waals surface area contributed by atoms with Crippen molar-refractivity contribution in [3.63, 3.8) is 0 Å². The minimum Gasteiger partial charge on any atom is -0.376 e. The largest absolute Gasteiger partial charge is 0.376 e. The van der Waals surface area contributed by atoms with Crippen molar-refractivity contribution < 1.29 is 4.74 Å². The highest BCUT2D eigenvalue weighted by Crippen LogP contribution is 2.28. The molecule has 124 valence electrons. The molecule has 2 aromatic heterocycles. The van der Waals surface area contributed by atoms with E-state index in [1.807, 2.05) is 20.9 Å². The predicted octanol–water partition coefficient (Wildman–Crippen LogP) is 1.73. The van der Waals surface area contributed by atoms with E-state index in [0.29, 0.717) is 6.54 Å². The minimum atomic E-state index is 0.241. The van der Waals surface area contributed by atoms with Gasteiger partial charge in [-0.2, -0.15) is 0 Å². The van der Waals surface area contributed by atoms with Gasteiger partial charge in [0.15, 0.2) is 5.16 Å². The fourth-order valence-electron chi connectivity index (χ4n) is 2.56. The van der Waals surface area contributed by atoms with Crippen molar-refractivity contribution in [2.75, 3.05) is 13.7 Å². The first kappa shape index (κ1) is 16.4. The summed E-state index contributed by atoms with van der Waals surface area (Å²) in [5, 5.41) is 13.5. The van der Waals surface area contributed by atoms with Crippen molar-refractivity contribution in [3.05, 3.63) is 23.4 Å². The van der Waals surface area contributed by atoms with Crippen molar-refractivity contribution in [1.82, 2.24) is 30.0 Å². The van der Waals surface area contributed by atoms with Gasteiger partial charge in [0.25, 0.3) is 0 Å². The lowest BCUT2D eigenvalue weighted by Gasteiger charge is -2.14. The van der Waals surface area contributed by atoms with Crippen molar-refractivity contribution in [2.24, 2.45) is 0 Å². The molecule has 1 aliphatic heterocycles. The first-order valence-corrected chi connectivity index (χ1v) is 8.65. The normalized spacial score (nSPS) is 17.8. The van der Waals surface area contributed by atoms with Crippen LogP contribution in [-0.4, -0.2) is 44.5 Å². The zero-order valence-corrected chi connectivity index (χ0v) is 14.6. The number of ether oxygens (including phenoxy) is 1. The lowest BCUT2D eigenvalue weighted by atomic mass is 10.2. The summed E-state index contributed by atoms with van der Waals surface area (Å²) < 4.78 is 7.91. The minimum absolute atomic E-state index is 0.241. The van der Waals surface area contributed by atoms with E-state index in [9.17, 15) is 0 Å². The molecular formula is C15H22N6OS. The molecule has 1 saturated heterocycles. The van der Waals surface area contributed by atoms with Gasteiger partial charge >= 0.3 is 0 Å². The van der Waals surface area contributed by atoms with Crippen molar-refractivity contribution >= 4 is 11.8 Å². The Labute approximate surface area is 140 Å². The van der Waals surface area contributed by atoms with E-state index < -0.39 is 0 Å². The van der Waals surface area contributed by atoms with Crippen LogP contribution in [0.3, 0.4) is 0 Å². The van der Waals surface area contributed by atoms with Gasteiger partial charge in [0.2, 0.25) is 0 Å². The van der Waals surface area contributed by atoms with Gasteiger partial charge in [0.1, 0.15) is 10.9 Å². The van der Waals surface area contributed by atoms with Crippen LogP contribution >= 0.6 is 11.8 Å². The van der Waals surface area contributed by atoms with E-state index in [2.05, 4.69) is 30.0 Å². The first-order valence-electron chi connectivity index (χ1n) is 7.83. The maximum absolute atomic E-state index is 5.77. The van der Waals surface area contributed by atoms with Gasteiger partial charge in [-0.1, -0.05) is 0 Å². The van der Waals surface area contributed by atoms with Crippen LogP contribution < -0.4 is 5.32 Å². The number of hydrogen-bond acceptors (Lipinski definition) is 7. The topological polar surface area (TPSA) is 77.8 Å². The Morgan fingerprint density at radius 1 is 1.39 bits per heavy atom. The van der Waals surface area contributed by atoms with E-state index in [4.69, 9.17) is 4.74 Å². The van der Waals surface area contributed by atoms with Crippen LogP contribution in [0.5, 0.6) is 0 Å². The molecule has 8 heteroatoms. The molecule has 0 unspecified atom stereocenters. The molecular weight excluding hydrogens is 312 g/mol. The van der Waals surface area contributed by atoms with E-state index in [1.54, 1.807) is 6.20 Å². The smallest absolute Gasteiger partial charge is 0.197 e. The van der Waals surface area contributed by atoms with Crippen molar-refractivity contribution in [3.8, 4) is 0 Å². The number of nitrogens with one attached hydrogen (secondary N) is 1. The zero-order valence-electron chi connectivity index (χ0n) is 13.7. The molecule has 0 amide bonds. The summed E-state index contributed by atoms with van der Waals surface area (Å²) in [7, 11) is 1.91. The lowest BCUT2D eigenvalue weighted by molar-refractivity contribution is 0.0941. The Morgan fingerprint density at radius 2 is 2.26 bits per heavy atom. The van der Waals surface area contributed by atoms with Gasteiger partial charge in [0, 0.05) is 12.8 Å². The van der Waals surface area contributed by atoms with Crippen molar-refractivity contribution in [1.29, 1.82) is 0 Å². The monoisotopic (exact) mass is 334 g/mol. The van der Waals surface area contributed by atoms with Crippen LogP contribution in [0.1, 0.15) is 30.1 Å². The van der Waals surface area contributed by atoms with E-state index in [-0.39, 0.29) is 6.10 Å². The second kappa shape index (κ2) is 7.37. The Bertz CT molecular complexity index is 668. The summed E-state index contributed by atoms with van der Waals surface area (Å²) in [6, 6.07) is 0. The summed E-state index contributed by atoms with van der Waals surface area (Å²) in [6.45, 7) is 6.21. The van der Waals surface area contributed by atoms with Crippen LogP contribution in [0.2, 0.25) is 0 Å². The van der Waals surface area contributed by atoms with Gasteiger partial charge < -0.3 is 14.6 Å². The lowest BCUT2D eigenvalue weighted by Crippen LogP contribution is -2.20. The third kappa shape index (κ3) is 3.88. The van der Waals surface area contributed by atoms with E-state index in [0.717, 1.165) is 53.4 Å². The highest BCUT2D eigenvalue weighted by molar-refractivity contribution is 7.99. The van der Waals surface area contributed by atoms with Crippen LogP contribution in [0.15, 0.2) is 16.4 Å². The number of aryl methyl sites for hydroxylation is 2. The second-order valence-corrected chi connectivity index (χ2v) is 6.63. The molecule has 1 aliphatic rings. The molecule has 1 fully saturated rings. The average Bonchev–Trinajstić information content (AvgIpc) is 3.16. The Hall–Kier alpha value is -1.51. The van der Waals surface area contributed by atoms with Crippen molar-refractivity contribution in [2.45, 2.75) is 56.1 Å². The predicted molar refractivity (Wildman–Crippen MR) is 87.4 cm³/mol. The summed E-state index contributed by atoms with van der Waals surface area (Å²) in [5.74, 6) is 0.920. The van der Waals surface area contributed by atoms with Gasteiger partial charge in [-0.05, 0) is 45.5 Å². The maximum atomic E-state index is 5.77. The summed E-state index contributed by atoms with van der Waals surface area (Å²) in [4.78, 5) is 8.94. The fraction of sp³-hybridized carbons (Fsp3) is 0.600. The molecule has 23 heavy (non-hydrogen) atoms. The van der Waals surface area contributed by atoms with Gasteiger partial charge in [0.05, 0.1) is 30.6 Å². The number of hydrogen-bond donors (Lipinski definition) is 1. The number of aromatic nitrogens is 5. The fourth-order valence-corrected chi connectivity index (χ4v) is 3.49. The molecule has 0 bridgehead atoms. The summed E-state index contributed by atoms with van der Waals surface area (Å²) in [5.41, 5.74) is 1.81. The van der Waals surface area contributed by atoms with Crippen LogP contribution in [0, 0.1) is 13.8 Å². The molecule has 0 aliphatic carbocycles. The standard InChI is InChI=1S/C15H22N6OS/c1-10-7-17-11(2)14(18-10)23-15-20-19-13(8-16-3)21(15)9-12-5-4-6-22-12/h7,12,16H,4-6,8-9H2,1-3H3/t12-/m0/s1. The van der Waals surface area contributed by atoms with Crippen LogP contribution in [0.4, 0.5) is 0 Å². The Kier molecular flexibility index (Phi) is 5.24. The average molecular weight is 334 g/mol. The molecule has 0 aromatic carbocycles. The molecule has 1 atom stereocenters. The third-order valence-electron chi connectivity index (χ3n) is 3.76. The zero-order chi connectivity index (χ0) is 16.2. The van der Waals surface area contributed by atoms with Gasteiger partial charge in [-0.15, -0.1) is 10.2 Å². The maximum Gasteiger partial charge on any atom is 0.197 e. The molecule has 3 rings (SSSR count). The molecule has 0 saturated carbocycles. The third-order valence-corrected chi connectivity index (χ3v) is 4.82. The van der Waals surface area contributed by atoms with Gasteiger partial charge in [-0.25, -0.2) is 4.98 Å². The molecule has 0 radical (unpaired) electrons. The van der Waals surface area contributed by atoms with Crippen LogP contribution in [0.25, 0.3) is 0 Å². The molecule has 1 N–H and O–H groups in total. The molecule has 0 spiro atoms. The number of rotatable bonds is 6. The van der Waals surface area contributed by atoms with Crippen LogP contribution in [-0.2, 0) is 17.8 Å². The highest BCUT2D eigenvalue weighted by atomic mass is 32.2. The summed E-state index contributed by atoms with van der Waals surface area (Å²) >= 11 is 1.52. The molecule has 2 aromatic rings. The first-order chi connectivity index (χ1) is 11.2. The highest BCUT2D eigenvalue weighted by Gasteiger charge is 2.21. The SMILES string of the molecule is CNCc1nnc(Sc2nc(C)cnc2C)n1C[C@@H]1CCCO1. The van der Waals surface area contributed by atoms with Gasteiger partial charge in [-0.3, -0.25) is 4.98 Å². The Balaban J connectivity index is 1.86.